The first-order chi connectivity index (χ1) is 31.7. The number of methoxy groups -OCH3 is 1. The van der Waals surface area contributed by atoms with E-state index in [2.05, 4.69) is 45.8 Å². The molecule has 3 aromatic rings. The summed E-state index contributed by atoms with van der Waals surface area (Å²) < 4.78 is 63.4. The second kappa shape index (κ2) is 35.1. The molecule has 0 bridgehead atoms. The molecular weight excluding hydrogens is 1030 g/mol. The van der Waals surface area contributed by atoms with Gasteiger partial charge in [-0.05, 0) is 66.1 Å². The van der Waals surface area contributed by atoms with Crippen LogP contribution in [0.3, 0.4) is 0 Å². The van der Waals surface area contributed by atoms with E-state index in [-0.39, 0.29) is 59.0 Å². The number of amides is 2. The number of alkyl halides is 6. The van der Waals surface area contributed by atoms with Crippen molar-refractivity contribution in [2.45, 2.75) is 44.6 Å². The zero-order valence-corrected chi connectivity index (χ0v) is 43.3. The highest BCUT2D eigenvalue weighted by Gasteiger charge is 2.31. The summed E-state index contributed by atoms with van der Waals surface area (Å²) in [6.07, 6.45) is 6.32. The maximum Gasteiger partial charge on any atom is 0.416 e. The number of nitro groups is 1. The number of carboxylic acid groups (broad SMARTS) is 1. The predicted octanol–water partition coefficient (Wildman–Crippen LogP) is 9.09. The van der Waals surface area contributed by atoms with Crippen molar-refractivity contribution in [2.24, 2.45) is 0 Å². The number of nitro benzene ring substituents is 1. The Morgan fingerprint density at radius 2 is 1.53 bits per heavy atom. The molecule has 0 aliphatic rings. The number of carbonyl (C=O) groups excluding carboxylic acids is 2. The molecule has 1 unspecified atom stereocenters. The zero-order valence-electron chi connectivity index (χ0n) is 38.5. The van der Waals surface area contributed by atoms with Crippen LogP contribution in [-0.2, 0) is 53.6 Å². The van der Waals surface area contributed by atoms with Gasteiger partial charge in [0.25, 0.3) is 5.91 Å². The quantitative estimate of drug-likeness (QED) is 0.0183. The number of carboxylic acids is 1. The lowest BCUT2D eigenvalue weighted by Crippen LogP contribution is -2.35. The van der Waals surface area contributed by atoms with E-state index in [0.717, 1.165) is 47.9 Å². The van der Waals surface area contributed by atoms with Gasteiger partial charge in [0, 0.05) is 32.3 Å². The Morgan fingerprint density at radius 3 is 1.91 bits per heavy atom. The molecule has 3 aromatic carbocycles. The van der Waals surface area contributed by atoms with Gasteiger partial charge < -0.3 is 38.6 Å². The maximum absolute atomic E-state index is 12.6. The van der Waals surface area contributed by atoms with Crippen molar-refractivity contribution in [3.63, 3.8) is 0 Å². The Hall–Kier alpha value is -4.08. The molecule has 0 spiro atoms. The maximum atomic E-state index is 12.6. The topological polar surface area (TPSA) is 221 Å². The molecule has 0 radical (unpaired) electrons. The van der Waals surface area contributed by atoms with Gasteiger partial charge in [-0.1, -0.05) is 79.0 Å². The fourth-order valence-electron chi connectivity index (χ4n) is 4.90. The van der Waals surface area contributed by atoms with Crippen molar-refractivity contribution in [3.05, 3.63) is 112 Å². The van der Waals surface area contributed by atoms with Crippen molar-refractivity contribution in [1.29, 1.82) is 0 Å². The molecule has 3 rings (SSSR count). The van der Waals surface area contributed by atoms with E-state index in [1.807, 2.05) is 23.5 Å². The highest BCUT2D eigenvalue weighted by atomic mass is 35.5. The number of aliphatic carboxylic acids is 1. The molecular formula is C43H58Cl4F3N4O12PS. The van der Waals surface area contributed by atoms with E-state index >= 15 is 0 Å². The Kier molecular flexibility index (Phi) is 34.1. The second-order valence-electron chi connectivity index (χ2n) is 13.5. The molecule has 0 aromatic heterocycles. The van der Waals surface area contributed by atoms with Crippen molar-refractivity contribution in [2.75, 3.05) is 75.9 Å². The number of aryl methyl sites for hydroxylation is 2. The molecule has 0 fully saturated rings. The van der Waals surface area contributed by atoms with E-state index in [0.29, 0.717) is 24.0 Å². The first-order valence-corrected chi connectivity index (χ1v) is 25.8. The van der Waals surface area contributed by atoms with E-state index in [4.69, 9.17) is 70.6 Å². The van der Waals surface area contributed by atoms with Crippen LogP contribution in [-0.4, -0.2) is 113 Å². The first-order valence-electron chi connectivity index (χ1n) is 19.8. The normalized spacial score (nSPS) is 11.3. The molecule has 0 saturated heterocycles. The van der Waals surface area contributed by atoms with E-state index < -0.39 is 47.9 Å². The Balaban J connectivity index is 0. The van der Waals surface area contributed by atoms with Crippen molar-refractivity contribution in [3.8, 4) is 17.2 Å². The van der Waals surface area contributed by atoms with Gasteiger partial charge in [0.05, 0.1) is 59.4 Å². The van der Waals surface area contributed by atoms with Crippen LogP contribution in [0.4, 0.5) is 24.5 Å². The second-order valence-corrected chi connectivity index (χ2v) is 19.3. The number of hydrogen-bond donors (Lipinski definition) is 3. The molecule has 0 aliphatic heterocycles. The van der Waals surface area contributed by atoms with Crippen LogP contribution in [0, 0.1) is 10.1 Å². The minimum Gasteiger partial charge on any atom is -0.778 e. The number of hydrogen-bond acceptors (Lipinski definition) is 11. The predicted molar refractivity (Wildman–Crippen MR) is 264 cm³/mol. The molecule has 68 heavy (non-hydrogen) atoms. The molecule has 0 aliphatic carbocycles. The molecule has 0 saturated carbocycles. The van der Waals surface area contributed by atoms with Crippen molar-refractivity contribution < 1.29 is 66.1 Å². The summed E-state index contributed by atoms with van der Waals surface area (Å²) in [7, 11) is -2.13. The van der Waals surface area contributed by atoms with Gasteiger partial charge >= 0.3 is 17.8 Å². The average molecular weight is 1080 g/mol. The lowest BCUT2D eigenvalue weighted by molar-refractivity contribution is -0.385. The summed E-state index contributed by atoms with van der Waals surface area (Å²) in [6, 6.07) is 12.5. The van der Waals surface area contributed by atoms with Crippen LogP contribution >= 0.6 is 54.0 Å². The van der Waals surface area contributed by atoms with E-state index in [9.17, 15) is 47.1 Å². The minimum atomic E-state index is -4.52. The number of nitrogens with zero attached hydrogens (tertiary/aromatic N) is 3. The number of ether oxygens (including phenoxy) is 3. The summed E-state index contributed by atoms with van der Waals surface area (Å²) >= 11 is 22.3. The van der Waals surface area contributed by atoms with Gasteiger partial charge in [-0.25, -0.2) is 0 Å². The monoisotopic (exact) mass is 1080 g/mol. The molecule has 3 N–H and O–H groups in total. The summed E-state index contributed by atoms with van der Waals surface area (Å²) in [5, 5.41) is 20.6. The summed E-state index contributed by atoms with van der Waals surface area (Å²) in [5.41, 5.74) is 2.09. The smallest absolute Gasteiger partial charge is 0.416 e. The number of halogens is 7. The fraction of sp³-hybridized carbons (Fsp3) is 0.419. The van der Waals surface area contributed by atoms with Crippen LogP contribution in [0.1, 0.15) is 37.5 Å². The SMILES string of the molecule is C=CCN(CC=C)C(=O)C(Cl)Cl.CCOc1cc(Oc2ccc(C(F)(F)F)cc2Cl)ccc1[N+](=O)[O-].CCc1cccc(CC)c1N(COC)C(=O)CCl.C[S+](C)C.O=C(O)CNCP(=O)([O-])O. The molecule has 0 heterocycles. The largest absolute Gasteiger partial charge is 0.778 e. The standard InChI is InChI=1S/C15H11ClF3NO4.C14H20ClNO2.C8H11Cl2NO.C3H8NO5P.C3H9S/c1-2-23-14-8-10(4-5-12(14)20(21)22)24-13-6-3-9(7-11(13)16)15(17,18)19;1-4-11-7-6-8-12(5-2)14(11)16(10-18-3)13(17)9-15;1-3-5-11(6-4-2)8(12)7(9)10;5-3(6)1-4-2-10(7,8)9;1-4(2)3/h3-8H,2H2,1H3;6-8H,4-5,9-10H2,1-3H3;3-4,7H,1-2,5-6H2;4H,1-2H2,(H,5,6)(H2,7,8,9);1-3H3/q;;;;+1/p-1. The van der Waals surface area contributed by atoms with Crippen molar-refractivity contribution >= 4 is 94.1 Å². The van der Waals surface area contributed by atoms with Gasteiger partial charge in [0.1, 0.15) is 31.7 Å². The van der Waals surface area contributed by atoms with Crippen LogP contribution in [0.2, 0.25) is 5.02 Å². The minimum absolute atomic E-state index is 0.0111. The van der Waals surface area contributed by atoms with Crippen LogP contribution < -0.4 is 24.6 Å². The number of rotatable bonds is 20. The third-order valence-corrected chi connectivity index (χ3v) is 9.13. The lowest BCUT2D eigenvalue weighted by Gasteiger charge is -2.26. The Bertz CT molecular complexity index is 2070. The van der Waals surface area contributed by atoms with Crippen molar-refractivity contribution in [1.82, 2.24) is 10.2 Å². The average Bonchev–Trinajstić information content (AvgIpc) is 3.25. The van der Waals surface area contributed by atoms with Gasteiger partial charge in [-0.3, -0.25) is 34.7 Å². The summed E-state index contributed by atoms with van der Waals surface area (Å²) in [5.74, 6) is -1.54. The highest BCUT2D eigenvalue weighted by Crippen LogP contribution is 2.38. The molecule has 1 atom stereocenters. The van der Waals surface area contributed by atoms with Gasteiger partial charge in [0.15, 0.2) is 4.84 Å². The molecule has 382 valence electrons. The molecule has 25 heteroatoms. The van der Waals surface area contributed by atoms with E-state index in [1.54, 1.807) is 31.1 Å². The molecule has 2 amide bonds. The fourth-order valence-corrected chi connectivity index (χ4v) is 5.93. The zero-order chi connectivity index (χ0) is 52.8. The van der Waals surface area contributed by atoms with Crippen LogP contribution in [0.5, 0.6) is 17.2 Å². The summed E-state index contributed by atoms with van der Waals surface area (Å²) in [6.45, 7) is 13.6. The highest BCUT2D eigenvalue weighted by molar-refractivity contribution is 7.94. The Labute approximate surface area is 418 Å². The van der Waals surface area contributed by atoms with Gasteiger partial charge in [-0.15, -0.1) is 24.8 Å². The lowest BCUT2D eigenvalue weighted by atomic mass is 10.0. The van der Waals surface area contributed by atoms with Gasteiger partial charge in [0.2, 0.25) is 11.7 Å². The third kappa shape index (κ3) is 27.8. The van der Waals surface area contributed by atoms with Crippen LogP contribution in [0.25, 0.3) is 0 Å². The van der Waals surface area contributed by atoms with Crippen LogP contribution in [0.15, 0.2) is 79.9 Å². The number of nitrogens with one attached hydrogen (secondary N) is 1. The van der Waals surface area contributed by atoms with Gasteiger partial charge in [-0.2, -0.15) is 13.2 Å². The number of carbonyl (C=O) groups is 3. The first kappa shape index (κ1) is 66.0. The number of anilines is 1. The Morgan fingerprint density at radius 1 is 0.985 bits per heavy atom. The molecule has 16 nitrogen and oxygen atoms in total. The number of benzene rings is 3. The van der Waals surface area contributed by atoms with E-state index in [1.165, 1.54) is 23.1 Å². The summed E-state index contributed by atoms with van der Waals surface area (Å²) in [4.78, 5) is 63.3. The third-order valence-electron chi connectivity index (χ3n) is 7.61. The number of para-hydroxylation sites is 1.